The maximum absolute atomic E-state index is 11.7. The number of aromatic nitrogens is 2. The number of anilines is 1. The van der Waals surface area contributed by atoms with E-state index in [1.54, 1.807) is 18.2 Å². The summed E-state index contributed by atoms with van der Waals surface area (Å²) in [4.78, 5) is 15.8. The minimum atomic E-state index is -0.413. The van der Waals surface area contributed by atoms with E-state index in [9.17, 15) is 4.79 Å². The van der Waals surface area contributed by atoms with Gasteiger partial charge in [-0.15, -0.1) is 0 Å². The average Bonchev–Trinajstić information content (AvgIpc) is 2.91. The van der Waals surface area contributed by atoms with E-state index in [1.807, 2.05) is 0 Å². The largest absolute Gasteiger partial charge is 0.351 e. The molecular formula is C12H10N4O2. The summed E-state index contributed by atoms with van der Waals surface area (Å²) in [6, 6.07) is 6.59. The van der Waals surface area contributed by atoms with Gasteiger partial charge in [-0.05, 0) is 18.1 Å². The fourth-order valence-corrected chi connectivity index (χ4v) is 1.23. The molecule has 0 unspecified atom stereocenters. The molecule has 18 heavy (non-hydrogen) atoms. The van der Waals surface area contributed by atoms with Crippen LogP contribution in [0.4, 0.5) is 5.82 Å². The molecule has 0 aliphatic heterocycles. The third-order valence-corrected chi connectivity index (χ3v) is 1.97. The van der Waals surface area contributed by atoms with Crippen molar-refractivity contribution in [3.05, 3.63) is 41.9 Å². The molecule has 0 spiro atoms. The van der Waals surface area contributed by atoms with Gasteiger partial charge >= 0.3 is 0 Å². The van der Waals surface area contributed by atoms with E-state index in [0.29, 0.717) is 11.5 Å². The molecule has 0 fully saturated rings. The molecule has 1 amide bonds. The highest BCUT2D eigenvalue weighted by Crippen LogP contribution is 2.06. The van der Waals surface area contributed by atoms with E-state index in [-0.39, 0.29) is 12.3 Å². The zero-order valence-electron chi connectivity index (χ0n) is 9.38. The van der Waals surface area contributed by atoms with Crippen LogP contribution < -0.4 is 11.1 Å². The summed E-state index contributed by atoms with van der Waals surface area (Å²) in [6.07, 6.45) is 1.39. The zero-order valence-corrected chi connectivity index (χ0v) is 9.38. The van der Waals surface area contributed by atoms with Gasteiger partial charge in [-0.25, -0.2) is 4.98 Å². The van der Waals surface area contributed by atoms with Crippen molar-refractivity contribution >= 4 is 11.7 Å². The van der Waals surface area contributed by atoms with Crippen molar-refractivity contribution in [1.82, 2.24) is 10.1 Å². The van der Waals surface area contributed by atoms with Crippen LogP contribution in [0.15, 0.2) is 35.0 Å². The maximum atomic E-state index is 11.7. The predicted octanol–water partition coefficient (Wildman–Crippen LogP) is 0.632. The number of carbonyl (C=O) groups is 1. The SMILES string of the molecule is NCC#Cc1cccc(NC(=O)c2ccno2)n1. The van der Waals surface area contributed by atoms with Crippen LogP contribution in [-0.2, 0) is 0 Å². The number of amides is 1. The van der Waals surface area contributed by atoms with Crippen LogP contribution in [-0.4, -0.2) is 22.6 Å². The van der Waals surface area contributed by atoms with Crippen molar-refractivity contribution in [2.24, 2.45) is 5.73 Å². The molecular weight excluding hydrogens is 232 g/mol. The summed E-state index contributed by atoms with van der Waals surface area (Å²) in [5, 5.41) is 6.03. The zero-order chi connectivity index (χ0) is 12.8. The Bertz CT molecular complexity index is 596. The summed E-state index contributed by atoms with van der Waals surface area (Å²) in [6.45, 7) is 0.260. The molecule has 0 aromatic carbocycles. The van der Waals surface area contributed by atoms with Gasteiger partial charge < -0.3 is 15.6 Å². The first-order chi connectivity index (χ1) is 8.79. The first-order valence-corrected chi connectivity index (χ1v) is 5.17. The Morgan fingerprint density at radius 1 is 1.44 bits per heavy atom. The van der Waals surface area contributed by atoms with Crippen molar-refractivity contribution in [3.8, 4) is 11.8 Å². The molecule has 2 aromatic rings. The molecule has 0 aliphatic rings. The van der Waals surface area contributed by atoms with Crippen molar-refractivity contribution in [3.63, 3.8) is 0 Å². The molecule has 3 N–H and O–H groups in total. The van der Waals surface area contributed by atoms with Gasteiger partial charge in [0.15, 0.2) is 0 Å². The molecule has 0 aliphatic carbocycles. The van der Waals surface area contributed by atoms with Crippen LogP contribution in [0.2, 0.25) is 0 Å². The fourth-order valence-electron chi connectivity index (χ4n) is 1.23. The van der Waals surface area contributed by atoms with Crippen molar-refractivity contribution in [1.29, 1.82) is 0 Å². The lowest BCUT2D eigenvalue weighted by Gasteiger charge is -2.01. The lowest BCUT2D eigenvalue weighted by atomic mass is 10.3. The van der Waals surface area contributed by atoms with Gasteiger partial charge in [-0.2, -0.15) is 0 Å². The molecule has 2 heterocycles. The van der Waals surface area contributed by atoms with Gasteiger partial charge in [0, 0.05) is 6.07 Å². The quantitative estimate of drug-likeness (QED) is 0.753. The summed E-state index contributed by atoms with van der Waals surface area (Å²) in [7, 11) is 0. The van der Waals surface area contributed by atoms with E-state index in [0.717, 1.165) is 0 Å². The van der Waals surface area contributed by atoms with E-state index < -0.39 is 5.91 Å². The predicted molar refractivity (Wildman–Crippen MR) is 64.6 cm³/mol. The highest BCUT2D eigenvalue weighted by Gasteiger charge is 2.10. The smallest absolute Gasteiger partial charge is 0.295 e. The summed E-state index contributed by atoms with van der Waals surface area (Å²) >= 11 is 0. The van der Waals surface area contributed by atoms with Crippen molar-refractivity contribution in [2.75, 3.05) is 11.9 Å². The molecule has 2 rings (SSSR count). The Labute approximate surface area is 103 Å². The molecule has 0 atom stereocenters. The first kappa shape index (κ1) is 11.8. The Kier molecular flexibility index (Phi) is 3.69. The Morgan fingerprint density at radius 3 is 3.06 bits per heavy atom. The number of nitrogens with zero attached hydrogens (tertiary/aromatic N) is 2. The number of nitrogens with one attached hydrogen (secondary N) is 1. The maximum Gasteiger partial charge on any atom is 0.295 e. The number of pyridine rings is 1. The van der Waals surface area contributed by atoms with Crippen molar-refractivity contribution in [2.45, 2.75) is 0 Å². The van der Waals surface area contributed by atoms with Crippen LogP contribution in [0, 0.1) is 11.8 Å². The molecule has 2 aromatic heterocycles. The monoisotopic (exact) mass is 242 g/mol. The molecule has 0 bridgehead atoms. The van der Waals surface area contributed by atoms with Crippen LogP contribution in [0.5, 0.6) is 0 Å². The number of hydrogen-bond donors (Lipinski definition) is 2. The fraction of sp³-hybridized carbons (Fsp3) is 0.0833. The normalized spacial score (nSPS) is 9.39. The minimum Gasteiger partial charge on any atom is -0.351 e. The second-order valence-corrected chi connectivity index (χ2v) is 3.24. The van der Waals surface area contributed by atoms with Gasteiger partial charge in [-0.1, -0.05) is 17.1 Å². The highest BCUT2D eigenvalue weighted by atomic mass is 16.5. The lowest BCUT2D eigenvalue weighted by Crippen LogP contribution is -2.12. The highest BCUT2D eigenvalue weighted by molar-refractivity contribution is 6.01. The standard InChI is InChI=1S/C12H10N4O2/c13-7-2-4-9-3-1-5-11(15-9)16-12(17)10-6-8-14-18-10/h1,3,5-6,8H,7,13H2,(H,15,16,17). The Balaban J connectivity index is 2.12. The third-order valence-electron chi connectivity index (χ3n) is 1.97. The first-order valence-electron chi connectivity index (χ1n) is 5.17. The molecule has 0 radical (unpaired) electrons. The average molecular weight is 242 g/mol. The molecule has 0 saturated heterocycles. The topological polar surface area (TPSA) is 94.0 Å². The van der Waals surface area contributed by atoms with E-state index in [2.05, 4.69) is 27.3 Å². The summed E-state index contributed by atoms with van der Waals surface area (Å²) in [5.41, 5.74) is 5.81. The number of carbonyl (C=O) groups excluding carboxylic acids is 1. The molecule has 90 valence electrons. The van der Waals surface area contributed by atoms with Crippen LogP contribution >= 0.6 is 0 Å². The Hall–Kier alpha value is -2.65. The van der Waals surface area contributed by atoms with Gasteiger partial charge in [0.2, 0.25) is 5.76 Å². The summed E-state index contributed by atoms with van der Waals surface area (Å²) < 4.78 is 4.73. The van der Waals surface area contributed by atoms with E-state index in [1.165, 1.54) is 12.3 Å². The van der Waals surface area contributed by atoms with E-state index in [4.69, 9.17) is 10.3 Å². The van der Waals surface area contributed by atoms with Gasteiger partial charge in [0.1, 0.15) is 11.5 Å². The number of nitrogens with two attached hydrogens (primary N) is 1. The molecule has 6 heteroatoms. The minimum absolute atomic E-state index is 0.121. The van der Waals surface area contributed by atoms with Gasteiger partial charge in [-0.3, -0.25) is 4.79 Å². The third kappa shape index (κ3) is 2.93. The van der Waals surface area contributed by atoms with Gasteiger partial charge in [0.05, 0.1) is 12.7 Å². The summed E-state index contributed by atoms with van der Waals surface area (Å²) in [5.74, 6) is 5.56. The second kappa shape index (κ2) is 5.61. The van der Waals surface area contributed by atoms with E-state index >= 15 is 0 Å². The number of rotatable bonds is 2. The van der Waals surface area contributed by atoms with Crippen LogP contribution in [0.3, 0.4) is 0 Å². The van der Waals surface area contributed by atoms with Gasteiger partial charge in [0.25, 0.3) is 5.91 Å². The lowest BCUT2D eigenvalue weighted by molar-refractivity contribution is 0.0987. The Morgan fingerprint density at radius 2 is 2.33 bits per heavy atom. The second-order valence-electron chi connectivity index (χ2n) is 3.24. The number of hydrogen-bond acceptors (Lipinski definition) is 5. The molecule has 6 nitrogen and oxygen atoms in total. The van der Waals surface area contributed by atoms with Crippen LogP contribution in [0.1, 0.15) is 16.2 Å². The van der Waals surface area contributed by atoms with Crippen molar-refractivity contribution < 1.29 is 9.32 Å². The molecule has 0 saturated carbocycles. The van der Waals surface area contributed by atoms with Crippen LogP contribution in [0.25, 0.3) is 0 Å².